The van der Waals surface area contributed by atoms with Gasteiger partial charge in [-0.2, -0.15) is 0 Å². The van der Waals surface area contributed by atoms with Crippen LogP contribution in [-0.4, -0.2) is 6.04 Å². The van der Waals surface area contributed by atoms with Gasteiger partial charge in [0, 0.05) is 26.9 Å². The van der Waals surface area contributed by atoms with E-state index in [4.69, 9.17) is 0 Å². The van der Waals surface area contributed by atoms with Crippen molar-refractivity contribution in [3.8, 4) is 0 Å². The van der Waals surface area contributed by atoms with Gasteiger partial charge in [0.2, 0.25) is 0 Å². The Morgan fingerprint density at radius 3 is 2.70 bits per heavy atom. The molecular weight excluding hydrogens is 337 g/mol. The third-order valence-corrected chi connectivity index (χ3v) is 5.39. The fraction of sp³-hybridized carbons (Fsp3) is 0.250. The number of hydrogen-bond donors (Lipinski definition) is 1. The predicted octanol–water partition coefficient (Wildman–Crippen LogP) is 4.99. The van der Waals surface area contributed by atoms with Crippen molar-refractivity contribution in [2.75, 3.05) is 0 Å². The Morgan fingerprint density at radius 1 is 1.15 bits per heavy atom. The third-order valence-electron chi connectivity index (χ3n) is 3.24. The third kappa shape index (κ3) is 3.62. The second-order valence-corrected chi connectivity index (χ2v) is 6.88. The van der Waals surface area contributed by atoms with E-state index in [0.29, 0.717) is 6.04 Å². The van der Waals surface area contributed by atoms with Gasteiger partial charge in [0.25, 0.3) is 0 Å². The van der Waals surface area contributed by atoms with E-state index in [0.717, 1.165) is 26.4 Å². The second kappa shape index (κ2) is 6.29. The molecule has 0 aliphatic heterocycles. The van der Waals surface area contributed by atoms with Gasteiger partial charge < -0.3 is 5.32 Å². The van der Waals surface area contributed by atoms with E-state index >= 15 is 0 Å². The largest absolute Gasteiger partial charge is 0.310 e. The summed E-state index contributed by atoms with van der Waals surface area (Å²) in [7, 11) is 0. The molecule has 0 atom stereocenters. The predicted molar refractivity (Wildman–Crippen MR) is 84.5 cm³/mol. The van der Waals surface area contributed by atoms with Gasteiger partial charge in [-0.05, 0) is 64.7 Å². The van der Waals surface area contributed by atoms with Gasteiger partial charge in [-0.1, -0.05) is 23.9 Å². The summed E-state index contributed by atoms with van der Waals surface area (Å²) in [5.41, 5.74) is 1.03. The van der Waals surface area contributed by atoms with E-state index in [1.54, 1.807) is 17.8 Å². The molecule has 0 heterocycles. The summed E-state index contributed by atoms with van der Waals surface area (Å²) in [4.78, 5) is 2.25. The highest BCUT2D eigenvalue weighted by Crippen LogP contribution is 2.35. The zero-order valence-corrected chi connectivity index (χ0v) is 13.3. The lowest BCUT2D eigenvalue weighted by molar-refractivity contribution is 0.616. The first-order valence-corrected chi connectivity index (χ1v) is 8.27. The molecule has 1 aliphatic carbocycles. The fourth-order valence-corrected chi connectivity index (χ4v) is 3.45. The lowest BCUT2D eigenvalue weighted by Gasteiger charge is -2.11. The number of nitrogens with one attached hydrogen (secondary N) is 1. The van der Waals surface area contributed by atoms with E-state index < -0.39 is 0 Å². The zero-order chi connectivity index (χ0) is 13.9. The zero-order valence-electron chi connectivity index (χ0n) is 10.9. The first kappa shape index (κ1) is 14.1. The van der Waals surface area contributed by atoms with Crippen molar-refractivity contribution in [3.05, 3.63) is 58.3 Å². The Morgan fingerprint density at radius 2 is 1.95 bits per heavy atom. The first-order chi connectivity index (χ1) is 9.72. The van der Waals surface area contributed by atoms with Crippen molar-refractivity contribution in [1.82, 2.24) is 5.32 Å². The quantitative estimate of drug-likeness (QED) is 0.814. The number of halogens is 2. The topological polar surface area (TPSA) is 12.0 Å². The summed E-state index contributed by atoms with van der Waals surface area (Å²) in [5.74, 6) is -0.172. The molecule has 1 aliphatic rings. The Hall–Kier alpha value is -0.840. The molecule has 104 valence electrons. The molecule has 1 saturated carbocycles. The van der Waals surface area contributed by atoms with E-state index in [1.165, 1.54) is 18.9 Å². The Labute approximate surface area is 131 Å². The average molecular weight is 352 g/mol. The minimum absolute atomic E-state index is 0.172. The standard InChI is InChI=1S/C16H15BrFNS/c17-14-3-1-2-4-16(14)20-15-8-5-12(18)9-11(15)10-19-13-6-7-13/h1-5,8-9,13,19H,6-7,10H2. The molecule has 1 nitrogen and oxygen atoms in total. The van der Waals surface area contributed by atoms with Crippen LogP contribution in [0, 0.1) is 5.82 Å². The lowest BCUT2D eigenvalue weighted by atomic mass is 10.2. The second-order valence-electron chi connectivity index (χ2n) is 4.94. The summed E-state index contributed by atoms with van der Waals surface area (Å²) >= 11 is 5.22. The van der Waals surface area contributed by atoms with E-state index in [2.05, 4.69) is 27.3 Å². The molecule has 3 rings (SSSR count). The summed E-state index contributed by atoms with van der Waals surface area (Å²) in [5, 5.41) is 3.45. The average Bonchev–Trinajstić information content (AvgIpc) is 3.25. The molecule has 1 N–H and O–H groups in total. The monoisotopic (exact) mass is 351 g/mol. The minimum atomic E-state index is -0.172. The summed E-state index contributed by atoms with van der Waals surface area (Å²) in [6.07, 6.45) is 2.48. The van der Waals surface area contributed by atoms with Crippen LogP contribution in [0.3, 0.4) is 0 Å². The molecule has 2 aromatic rings. The van der Waals surface area contributed by atoms with Crippen LogP contribution in [0.2, 0.25) is 0 Å². The molecule has 1 fully saturated rings. The lowest BCUT2D eigenvalue weighted by Crippen LogP contribution is -2.15. The molecule has 4 heteroatoms. The van der Waals surface area contributed by atoms with Crippen molar-refractivity contribution in [3.63, 3.8) is 0 Å². The molecular formula is C16H15BrFNS. The van der Waals surface area contributed by atoms with Crippen molar-refractivity contribution < 1.29 is 4.39 Å². The van der Waals surface area contributed by atoms with Gasteiger partial charge in [0.15, 0.2) is 0 Å². The number of rotatable bonds is 5. The molecule has 0 radical (unpaired) electrons. The Balaban J connectivity index is 1.82. The molecule has 2 aromatic carbocycles. The van der Waals surface area contributed by atoms with Crippen molar-refractivity contribution in [2.24, 2.45) is 0 Å². The van der Waals surface area contributed by atoms with Crippen molar-refractivity contribution in [1.29, 1.82) is 0 Å². The number of benzene rings is 2. The maximum atomic E-state index is 13.5. The van der Waals surface area contributed by atoms with Gasteiger partial charge in [-0.15, -0.1) is 0 Å². The van der Waals surface area contributed by atoms with Crippen LogP contribution < -0.4 is 5.32 Å². The molecule has 0 amide bonds. The SMILES string of the molecule is Fc1ccc(Sc2ccccc2Br)c(CNC2CC2)c1. The van der Waals surface area contributed by atoms with E-state index in [9.17, 15) is 4.39 Å². The number of hydrogen-bond acceptors (Lipinski definition) is 2. The van der Waals surface area contributed by atoms with E-state index in [-0.39, 0.29) is 5.82 Å². The normalized spacial score (nSPS) is 14.5. The maximum Gasteiger partial charge on any atom is 0.123 e. The van der Waals surface area contributed by atoms with Gasteiger partial charge in [0.05, 0.1) is 0 Å². The van der Waals surface area contributed by atoms with Crippen LogP contribution >= 0.6 is 27.7 Å². The highest BCUT2D eigenvalue weighted by molar-refractivity contribution is 9.10. The smallest absolute Gasteiger partial charge is 0.123 e. The van der Waals surface area contributed by atoms with Crippen LogP contribution in [0.15, 0.2) is 56.7 Å². The van der Waals surface area contributed by atoms with Crippen LogP contribution in [0.25, 0.3) is 0 Å². The Kier molecular flexibility index (Phi) is 4.44. The van der Waals surface area contributed by atoms with Gasteiger partial charge in [-0.3, -0.25) is 0 Å². The Bertz CT molecular complexity index is 613. The van der Waals surface area contributed by atoms with E-state index in [1.807, 2.05) is 24.3 Å². The molecule has 0 spiro atoms. The first-order valence-electron chi connectivity index (χ1n) is 6.66. The highest BCUT2D eigenvalue weighted by atomic mass is 79.9. The van der Waals surface area contributed by atoms with Gasteiger partial charge in [-0.25, -0.2) is 4.39 Å². The van der Waals surface area contributed by atoms with Crippen LogP contribution in [0.4, 0.5) is 4.39 Å². The summed E-state index contributed by atoms with van der Waals surface area (Å²) < 4.78 is 14.5. The minimum Gasteiger partial charge on any atom is -0.310 e. The summed E-state index contributed by atoms with van der Waals surface area (Å²) in [6, 6.07) is 13.7. The molecule has 0 bridgehead atoms. The van der Waals surface area contributed by atoms with Crippen LogP contribution in [-0.2, 0) is 6.54 Å². The van der Waals surface area contributed by atoms with Crippen molar-refractivity contribution in [2.45, 2.75) is 35.2 Å². The fourth-order valence-electron chi connectivity index (χ4n) is 1.97. The van der Waals surface area contributed by atoms with Crippen molar-refractivity contribution >= 4 is 27.7 Å². The maximum absolute atomic E-state index is 13.5. The molecule has 0 saturated heterocycles. The van der Waals surface area contributed by atoms with Gasteiger partial charge in [0.1, 0.15) is 5.82 Å². The highest BCUT2D eigenvalue weighted by Gasteiger charge is 2.20. The molecule has 20 heavy (non-hydrogen) atoms. The molecule has 0 aromatic heterocycles. The van der Waals surface area contributed by atoms with Gasteiger partial charge >= 0.3 is 0 Å². The van der Waals surface area contributed by atoms with Crippen LogP contribution in [0.1, 0.15) is 18.4 Å². The summed E-state index contributed by atoms with van der Waals surface area (Å²) in [6.45, 7) is 0.731. The molecule has 0 unspecified atom stereocenters. The van der Waals surface area contributed by atoms with Crippen LogP contribution in [0.5, 0.6) is 0 Å².